The first kappa shape index (κ1) is 17.2. The number of likely N-dealkylation sites (tertiary alicyclic amines) is 1. The van der Waals surface area contributed by atoms with Crippen LogP contribution in [-0.2, 0) is 0 Å². The molecule has 1 atom stereocenters. The molecule has 132 valence electrons. The first-order chi connectivity index (χ1) is 11.5. The van der Waals surface area contributed by atoms with Gasteiger partial charge in [-0.05, 0) is 44.9 Å². The number of hydrogen-bond acceptors (Lipinski definition) is 5. The average Bonchev–Trinajstić information content (AvgIpc) is 2.61. The number of nitrogens with zero attached hydrogens (tertiary/aromatic N) is 4. The highest BCUT2D eigenvalue weighted by atomic mass is 16.2. The summed E-state index contributed by atoms with van der Waals surface area (Å²) in [6, 6.07) is 5.84. The number of likely N-dealkylation sites (N-methyl/N-ethyl adjacent to an activating group) is 1. The Morgan fingerprint density at radius 2 is 1.83 bits per heavy atom. The zero-order chi connectivity index (χ0) is 17.1. The summed E-state index contributed by atoms with van der Waals surface area (Å²) >= 11 is 0. The minimum atomic E-state index is 0.00741. The fourth-order valence-corrected chi connectivity index (χ4v) is 3.84. The van der Waals surface area contributed by atoms with E-state index in [-0.39, 0.29) is 5.91 Å². The molecule has 1 unspecified atom stereocenters. The molecule has 2 aliphatic heterocycles. The Kier molecular flexibility index (Phi) is 5.36. The Morgan fingerprint density at radius 3 is 2.46 bits per heavy atom. The number of piperazine rings is 1. The summed E-state index contributed by atoms with van der Waals surface area (Å²) in [7, 11) is 2.19. The molecule has 1 aromatic rings. The Morgan fingerprint density at radius 1 is 1.17 bits per heavy atom. The molecule has 2 aliphatic rings. The number of anilines is 1. The zero-order valence-corrected chi connectivity index (χ0v) is 14.8. The first-order valence-electron chi connectivity index (χ1n) is 8.99. The summed E-state index contributed by atoms with van der Waals surface area (Å²) in [5.41, 5.74) is 6.15. The van der Waals surface area contributed by atoms with Gasteiger partial charge in [-0.1, -0.05) is 6.07 Å². The average molecular weight is 331 g/mol. The summed E-state index contributed by atoms with van der Waals surface area (Å²) < 4.78 is 0. The predicted molar refractivity (Wildman–Crippen MR) is 95.8 cm³/mol. The number of nitrogens with two attached hydrogens (primary N) is 1. The van der Waals surface area contributed by atoms with Crippen LogP contribution in [0.1, 0.15) is 30.3 Å². The number of amides is 1. The van der Waals surface area contributed by atoms with E-state index in [1.165, 1.54) is 0 Å². The molecule has 0 spiro atoms. The number of aromatic nitrogens is 1. The lowest BCUT2D eigenvalue weighted by Crippen LogP contribution is -2.52. The van der Waals surface area contributed by atoms with Crippen molar-refractivity contribution in [1.29, 1.82) is 0 Å². The van der Waals surface area contributed by atoms with Crippen LogP contribution in [0.25, 0.3) is 0 Å². The lowest BCUT2D eigenvalue weighted by atomic mass is 9.89. The molecular weight excluding hydrogens is 302 g/mol. The molecule has 2 N–H and O–H groups in total. The highest BCUT2D eigenvalue weighted by Crippen LogP contribution is 2.25. The van der Waals surface area contributed by atoms with Crippen molar-refractivity contribution in [3.63, 3.8) is 0 Å². The number of pyridine rings is 1. The fraction of sp³-hybridized carbons (Fsp3) is 0.667. The van der Waals surface area contributed by atoms with Gasteiger partial charge in [0.05, 0.1) is 0 Å². The molecule has 6 nitrogen and oxygen atoms in total. The van der Waals surface area contributed by atoms with Crippen LogP contribution in [0.2, 0.25) is 0 Å². The highest BCUT2D eigenvalue weighted by Gasteiger charge is 2.31. The molecule has 1 aromatic heterocycles. The van der Waals surface area contributed by atoms with Gasteiger partial charge >= 0.3 is 0 Å². The molecule has 2 fully saturated rings. The van der Waals surface area contributed by atoms with Crippen molar-refractivity contribution in [2.45, 2.75) is 25.8 Å². The zero-order valence-electron chi connectivity index (χ0n) is 14.8. The quantitative estimate of drug-likeness (QED) is 0.900. The van der Waals surface area contributed by atoms with Gasteiger partial charge < -0.3 is 15.5 Å². The smallest absolute Gasteiger partial charge is 0.272 e. The van der Waals surface area contributed by atoms with Crippen LogP contribution in [0.4, 0.5) is 5.82 Å². The Labute approximate surface area is 144 Å². The number of hydrogen-bond donors (Lipinski definition) is 1. The summed E-state index contributed by atoms with van der Waals surface area (Å²) in [5.74, 6) is 1.08. The van der Waals surface area contributed by atoms with Gasteiger partial charge in [-0.25, -0.2) is 4.98 Å². The highest BCUT2D eigenvalue weighted by molar-refractivity contribution is 5.92. The molecule has 2 saturated heterocycles. The maximum absolute atomic E-state index is 12.6. The van der Waals surface area contributed by atoms with Gasteiger partial charge in [0.1, 0.15) is 11.5 Å². The van der Waals surface area contributed by atoms with E-state index in [1.807, 2.05) is 4.90 Å². The summed E-state index contributed by atoms with van der Waals surface area (Å²) in [6.45, 7) is 8.61. The van der Waals surface area contributed by atoms with Crippen LogP contribution >= 0.6 is 0 Å². The van der Waals surface area contributed by atoms with Crippen LogP contribution in [-0.4, -0.2) is 77.9 Å². The van der Waals surface area contributed by atoms with Crippen molar-refractivity contribution in [1.82, 2.24) is 19.7 Å². The molecule has 0 aromatic carbocycles. The molecule has 0 saturated carbocycles. The normalized spacial score (nSPS) is 22.5. The third-order valence-electron chi connectivity index (χ3n) is 5.61. The second-order valence-electron chi connectivity index (χ2n) is 7.16. The maximum atomic E-state index is 12.6. The Bertz CT molecular complexity index is 562. The minimum Gasteiger partial charge on any atom is -0.384 e. The molecule has 3 heterocycles. The number of piperidine rings is 1. The largest absolute Gasteiger partial charge is 0.384 e. The molecule has 0 radical (unpaired) electrons. The van der Waals surface area contributed by atoms with Gasteiger partial charge in [0.25, 0.3) is 5.91 Å². The van der Waals surface area contributed by atoms with Crippen LogP contribution in [0.5, 0.6) is 0 Å². The number of carbonyl (C=O) groups excluding carboxylic acids is 1. The molecular formula is C18H29N5O. The van der Waals surface area contributed by atoms with Gasteiger partial charge in [-0.3, -0.25) is 9.69 Å². The van der Waals surface area contributed by atoms with Crippen molar-refractivity contribution in [2.75, 3.05) is 52.0 Å². The first-order valence-corrected chi connectivity index (χ1v) is 8.99. The van der Waals surface area contributed by atoms with E-state index in [4.69, 9.17) is 5.73 Å². The molecule has 24 heavy (non-hydrogen) atoms. The second kappa shape index (κ2) is 7.49. The Balaban J connectivity index is 1.53. The third kappa shape index (κ3) is 3.87. The van der Waals surface area contributed by atoms with Crippen molar-refractivity contribution in [3.8, 4) is 0 Å². The van der Waals surface area contributed by atoms with Crippen LogP contribution in [0, 0.1) is 5.92 Å². The maximum Gasteiger partial charge on any atom is 0.272 e. The third-order valence-corrected chi connectivity index (χ3v) is 5.61. The van der Waals surface area contributed by atoms with Crippen molar-refractivity contribution in [3.05, 3.63) is 23.9 Å². The van der Waals surface area contributed by atoms with E-state index in [9.17, 15) is 4.79 Å². The van der Waals surface area contributed by atoms with Crippen molar-refractivity contribution >= 4 is 11.7 Å². The van der Waals surface area contributed by atoms with Gasteiger partial charge in [0.15, 0.2) is 0 Å². The molecule has 0 bridgehead atoms. The van der Waals surface area contributed by atoms with Gasteiger partial charge in [-0.2, -0.15) is 0 Å². The molecule has 6 heteroatoms. The lowest BCUT2D eigenvalue weighted by Gasteiger charge is -2.42. The van der Waals surface area contributed by atoms with Crippen LogP contribution in [0.3, 0.4) is 0 Å². The Hall–Kier alpha value is -1.66. The van der Waals surface area contributed by atoms with E-state index in [2.05, 4.69) is 28.8 Å². The SMILES string of the molecule is CC(C1CCN(C(=O)c2cccc(N)n2)CC1)N1CCN(C)CC1. The second-order valence-corrected chi connectivity index (χ2v) is 7.16. The number of carbonyl (C=O) groups is 1. The van der Waals surface area contributed by atoms with Crippen molar-refractivity contribution < 1.29 is 4.79 Å². The van der Waals surface area contributed by atoms with Gasteiger partial charge in [-0.15, -0.1) is 0 Å². The monoisotopic (exact) mass is 331 g/mol. The topological polar surface area (TPSA) is 65.7 Å². The van der Waals surface area contributed by atoms with Crippen molar-refractivity contribution in [2.24, 2.45) is 5.92 Å². The van der Waals surface area contributed by atoms with Crippen LogP contribution < -0.4 is 5.73 Å². The minimum absolute atomic E-state index is 0.00741. The van der Waals surface area contributed by atoms with E-state index in [1.54, 1.807) is 18.2 Å². The fourth-order valence-electron chi connectivity index (χ4n) is 3.84. The molecule has 0 aliphatic carbocycles. The summed E-state index contributed by atoms with van der Waals surface area (Å²) in [6.07, 6.45) is 2.14. The predicted octanol–water partition coefficient (Wildman–Crippen LogP) is 1.15. The number of nitrogen functional groups attached to an aromatic ring is 1. The summed E-state index contributed by atoms with van der Waals surface area (Å²) in [5, 5.41) is 0. The van der Waals surface area contributed by atoms with Crippen LogP contribution in [0.15, 0.2) is 18.2 Å². The molecule has 1 amide bonds. The summed E-state index contributed by atoms with van der Waals surface area (Å²) in [4.78, 5) is 23.6. The van der Waals surface area contributed by atoms with E-state index >= 15 is 0 Å². The van der Waals surface area contributed by atoms with E-state index < -0.39 is 0 Å². The van der Waals surface area contributed by atoms with Gasteiger partial charge in [0, 0.05) is 45.3 Å². The molecule has 3 rings (SSSR count). The van der Waals surface area contributed by atoms with Gasteiger partial charge in [0.2, 0.25) is 0 Å². The standard InChI is InChI=1S/C18H29N5O/c1-14(22-12-10-21(2)11-13-22)15-6-8-23(9-7-15)18(24)16-4-3-5-17(19)20-16/h3-5,14-15H,6-13H2,1-2H3,(H2,19,20). The lowest BCUT2D eigenvalue weighted by molar-refractivity contribution is 0.0497. The number of rotatable bonds is 3. The van der Waals surface area contributed by atoms with E-state index in [0.29, 0.717) is 23.5 Å². The van der Waals surface area contributed by atoms with E-state index in [0.717, 1.165) is 52.1 Å².